The molecule has 0 radical (unpaired) electrons. The molecule has 0 aliphatic heterocycles. The van der Waals surface area contributed by atoms with Crippen LogP contribution < -0.4 is 0 Å². The van der Waals surface area contributed by atoms with Crippen LogP contribution in [-0.4, -0.2) is 10.1 Å². The van der Waals surface area contributed by atoms with Gasteiger partial charge < -0.3 is 0 Å². The largest absolute Gasteiger partial charge is 0.285 e. The third-order valence-electron chi connectivity index (χ3n) is 2.31. The summed E-state index contributed by atoms with van der Waals surface area (Å²) in [6.07, 6.45) is 9.66. The second-order valence-corrected chi connectivity index (χ2v) is 4.99. The van der Waals surface area contributed by atoms with Gasteiger partial charge in [0.2, 0.25) is 4.69 Å². The molecule has 14 heavy (non-hydrogen) atoms. The van der Waals surface area contributed by atoms with Gasteiger partial charge in [0.1, 0.15) is 5.38 Å². The number of unbranched alkanes of at least 4 members (excludes halogenated alkanes) is 6. The fourth-order valence-electron chi connectivity index (χ4n) is 1.39. The molecule has 0 saturated heterocycles. The first-order chi connectivity index (χ1) is 6.68. The van der Waals surface area contributed by atoms with Crippen molar-refractivity contribution in [1.82, 2.24) is 0 Å². The van der Waals surface area contributed by atoms with Crippen molar-refractivity contribution >= 4 is 32.2 Å². The molecule has 0 amide bonds. The van der Waals surface area contributed by atoms with Crippen LogP contribution in [0, 0.1) is 0 Å². The van der Waals surface area contributed by atoms with Crippen molar-refractivity contribution in [3.05, 3.63) is 0 Å². The fraction of sp³-hybridized carbons (Fsp3) is 0.909. The highest BCUT2D eigenvalue weighted by atomic mass is 79.9. The molecule has 0 aromatic carbocycles. The van der Waals surface area contributed by atoms with E-state index in [9.17, 15) is 4.79 Å². The number of hydrogen-bond acceptors (Lipinski definition) is 1. The lowest BCUT2D eigenvalue weighted by molar-refractivity contribution is -0.110. The molecule has 0 rings (SSSR count). The molecular weight excluding hydrogens is 263 g/mol. The Morgan fingerprint density at radius 1 is 1.14 bits per heavy atom. The zero-order chi connectivity index (χ0) is 10.8. The van der Waals surface area contributed by atoms with Crippen LogP contribution in [0.15, 0.2) is 0 Å². The molecule has 0 heterocycles. The van der Waals surface area contributed by atoms with Crippen LogP contribution in [0.5, 0.6) is 0 Å². The first kappa shape index (κ1) is 14.4. The summed E-state index contributed by atoms with van der Waals surface area (Å²) in [5.74, 6) is 0. The Balaban J connectivity index is 3.09. The summed E-state index contributed by atoms with van der Waals surface area (Å²) in [5, 5.41) is -0.328. The molecular formula is C11H20BrClO. The summed E-state index contributed by atoms with van der Waals surface area (Å²) in [4.78, 5) is 10.7. The van der Waals surface area contributed by atoms with Gasteiger partial charge in [0.05, 0.1) is 0 Å². The van der Waals surface area contributed by atoms with E-state index >= 15 is 0 Å². The Morgan fingerprint density at radius 3 is 2.14 bits per heavy atom. The van der Waals surface area contributed by atoms with Gasteiger partial charge in [-0.25, -0.2) is 0 Å². The van der Waals surface area contributed by atoms with E-state index in [1.54, 1.807) is 0 Å². The molecule has 0 fully saturated rings. The monoisotopic (exact) mass is 282 g/mol. The van der Waals surface area contributed by atoms with E-state index in [1.807, 2.05) is 0 Å². The molecule has 0 bridgehead atoms. The van der Waals surface area contributed by atoms with Crippen LogP contribution in [0.2, 0.25) is 0 Å². The van der Waals surface area contributed by atoms with Crippen LogP contribution in [-0.2, 0) is 4.79 Å². The van der Waals surface area contributed by atoms with Crippen LogP contribution in [0.1, 0.15) is 58.3 Å². The highest BCUT2D eigenvalue weighted by Crippen LogP contribution is 2.14. The second kappa shape index (κ2) is 9.97. The van der Waals surface area contributed by atoms with Crippen LogP contribution in [0.25, 0.3) is 0 Å². The summed E-state index contributed by atoms with van der Waals surface area (Å²) in [6, 6.07) is 0. The van der Waals surface area contributed by atoms with E-state index in [-0.39, 0.29) is 10.1 Å². The first-order valence-electron chi connectivity index (χ1n) is 5.52. The normalized spacial score (nSPS) is 12.8. The Morgan fingerprint density at radius 2 is 1.64 bits per heavy atom. The standard InChI is InChI=1S/C11H20BrClO/c1-2-3-4-5-6-7-8-9-10(13)11(12)14/h10H,2-9H2,1H3. The van der Waals surface area contributed by atoms with Gasteiger partial charge in [-0.2, -0.15) is 0 Å². The van der Waals surface area contributed by atoms with E-state index in [4.69, 9.17) is 11.6 Å². The molecule has 1 nitrogen and oxygen atoms in total. The molecule has 0 aromatic rings. The van der Waals surface area contributed by atoms with Crippen LogP contribution in [0.3, 0.4) is 0 Å². The lowest BCUT2D eigenvalue weighted by Gasteiger charge is -2.03. The minimum absolute atomic E-state index is 0.0786. The highest BCUT2D eigenvalue weighted by Gasteiger charge is 2.10. The third kappa shape index (κ3) is 9.01. The minimum Gasteiger partial charge on any atom is -0.285 e. The second-order valence-electron chi connectivity index (χ2n) is 3.68. The van der Waals surface area contributed by atoms with Gasteiger partial charge in [0.15, 0.2) is 0 Å². The number of carbonyl (C=O) groups excluding carboxylic acids is 1. The molecule has 0 spiro atoms. The lowest BCUT2D eigenvalue weighted by atomic mass is 10.1. The van der Waals surface area contributed by atoms with E-state index in [0.29, 0.717) is 0 Å². The van der Waals surface area contributed by atoms with Gasteiger partial charge >= 0.3 is 0 Å². The number of halogens is 2. The summed E-state index contributed by atoms with van der Waals surface area (Å²) in [5.41, 5.74) is 0. The molecule has 1 unspecified atom stereocenters. The number of carbonyl (C=O) groups is 1. The lowest BCUT2D eigenvalue weighted by Crippen LogP contribution is -2.06. The number of rotatable bonds is 9. The van der Waals surface area contributed by atoms with Gasteiger partial charge in [-0.05, 0) is 22.4 Å². The number of hydrogen-bond donors (Lipinski definition) is 0. The average molecular weight is 284 g/mol. The Bertz CT molecular complexity index is 150. The van der Waals surface area contributed by atoms with E-state index in [2.05, 4.69) is 22.9 Å². The molecule has 84 valence electrons. The van der Waals surface area contributed by atoms with E-state index in [0.717, 1.165) is 12.8 Å². The van der Waals surface area contributed by atoms with E-state index in [1.165, 1.54) is 38.5 Å². The zero-order valence-electron chi connectivity index (χ0n) is 8.90. The van der Waals surface area contributed by atoms with Gasteiger partial charge in [0.25, 0.3) is 0 Å². The Kier molecular flexibility index (Phi) is 10.3. The van der Waals surface area contributed by atoms with Crippen molar-refractivity contribution in [2.24, 2.45) is 0 Å². The highest BCUT2D eigenvalue weighted by molar-refractivity contribution is 9.18. The topological polar surface area (TPSA) is 17.1 Å². The van der Waals surface area contributed by atoms with Crippen molar-refractivity contribution in [1.29, 1.82) is 0 Å². The predicted octanol–water partition coefficient (Wildman–Crippen LogP) is 4.66. The minimum atomic E-state index is -0.328. The summed E-state index contributed by atoms with van der Waals surface area (Å²) in [6.45, 7) is 2.22. The molecule has 3 heteroatoms. The van der Waals surface area contributed by atoms with Crippen molar-refractivity contribution in [2.45, 2.75) is 63.7 Å². The quantitative estimate of drug-likeness (QED) is 0.342. The number of alkyl halides is 1. The molecule has 0 saturated carbocycles. The van der Waals surface area contributed by atoms with Crippen LogP contribution >= 0.6 is 27.5 Å². The SMILES string of the molecule is CCCCCCCCCC(Cl)C(=O)Br. The van der Waals surface area contributed by atoms with Crippen molar-refractivity contribution in [2.75, 3.05) is 0 Å². The van der Waals surface area contributed by atoms with Crippen molar-refractivity contribution in [3.63, 3.8) is 0 Å². The third-order valence-corrected chi connectivity index (χ3v) is 3.54. The fourth-order valence-corrected chi connectivity index (χ4v) is 1.78. The predicted molar refractivity (Wildman–Crippen MR) is 66.2 cm³/mol. The van der Waals surface area contributed by atoms with Gasteiger partial charge in [-0.15, -0.1) is 11.6 Å². The zero-order valence-corrected chi connectivity index (χ0v) is 11.2. The maximum atomic E-state index is 10.7. The van der Waals surface area contributed by atoms with Gasteiger partial charge in [-0.3, -0.25) is 4.79 Å². The van der Waals surface area contributed by atoms with Crippen LogP contribution in [0.4, 0.5) is 0 Å². The molecule has 1 atom stereocenters. The smallest absolute Gasteiger partial charge is 0.215 e. The maximum Gasteiger partial charge on any atom is 0.215 e. The van der Waals surface area contributed by atoms with Gasteiger partial charge in [-0.1, -0.05) is 51.9 Å². The summed E-state index contributed by atoms with van der Waals surface area (Å²) < 4.78 is -0.0786. The van der Waals surface area contributed by atoms with E-state index < -0.39 is 0 Å². The Hall–Kier alpha value is 0.440. The first-order valence-corrected chi connectivity index (χ1v) is 6.74. The molecule has 0 N–H and O–H groups in total. The van der Waals surface area contributed by atoms with Crippen molar-refractivity contribution in [3.8, 4) is 0 Å². The molecule has 0 aliphatic rings. The van der Waals surface area contributed by atoms with Gasteiger partial charge in [0, 0.05) is 0 Å². The average Bonchev–Trinajstić information content (AvgIpc) is 2.16. The molecule has 0 aromatic heterocycles. The molecule has 0 aliphatic carbocycles. The summed E-state index contributed by atoms with van der Waals surface area (Å²) in [7, 11) is 0. The maximum absolute atomic E-state index is 10.7. The van der Waals surface area contributed by atoms with Crippen molar-refractivity contribution < 1.29 is 4.79 Å². The summed E-state index contributed by atoms with van der Waals surface area (Å²) >= 11 is 8.65. The Labute approximate surface area is 101 Å².